The smallest absolute Gasteiger partial charge is 0.251 e. The Balaban J connectivity index is 2.29. The number of amides is 2. The molecule has 86 valence electrons. The highest BCUT2D eigenvalue weighted by atomic mass is 16.5. The first-order chi connectivity index (χ1) is 7.04. The van der Waals surface area contributed by atoms with E-state index in [0.717, 1.165) is 12.8 Å². The van der Waals surface area contributed by atoms with Gasteiger partial charge in [0.1, 0.15) is 6.10 Å². The molecule has 1 saturated carbocycles. The van der Waals surface area contributed by atoms with Crippen LogP contribution in [-0.2, 0) is 14.3 Å². The van der Waals surface area contributed by atoms with Crippen molar-refractivity contribution < 1.29 is 14.3 Å². The van der Waals surface area contributed by atoms with Crippen LogP contribution in [0, 0.1) is 0 Å². The van der Waals surface area contributed by atoms with Gasteiger partial charge in [-0.3, -0.25) is 9.59 Å². The van der Waals surface area contributed by atoms with E-state index in [1.54, 1.807) is 14.0 Å². The SMILES string of the molecule is COC(C)C(=O)N(C)CC(=O)NC1CC1. The summed E-state index contributed by atoms with van der Waals surface area (Å²) in [6.45, 7) is 1.76. The quantitative estimate of drug-likeness (QED) is 0.687. The van der Waals surface area contributed by atoms with Gasteiger partial charge in [0.25, 0.3) is 5.91 Å². The molecular weight excluding hydrogens is 196 g/mol. The normalized spacial score (nSPS) is 17.0. The fourth-order valence-corrected chi connectivity index (χ4v) is 1.21. The van der Waals surface area contributed by atoms with Crippen molar-refractivity contribution >= 4 is 11.8 Å². The Hall–Kier alpha value is -1.10. The van der Waals surface area contributed by atoms with Gasteiger partial charge >= 0.3 is 0 Å². The van der Waals surface area contributed by atoms with Crippen LogP contribution in [0.2, 0.25) is 0 Å². The van der Waals surface area contributed by atoms with Gasteiger partial charge in [0.2, 0.25) is 5.91 Å². The van der Waals surface area contributed by atoms with Crippen molar-refractivity contribution in [2.24, 2.45) is 0 Å². The van der Waals surface area contributed by atoms with Gasteiger partial charge in [-0.2, -0.15) is 0 Å². The topological polar surface area (TPSA) is 58.6 Å². The maximum Gasteiger partial charge on any atom is 0.251 e. The van der Waals surface area contributed by atoms with E-state index in [4.69, 9.17) is 4.74 Å². The molecule has 0 aromatic rings. The standard InChI is InChI=1S/C10H18N2O3/c1-7(15-3)10(14)12(2)6-9(13)11-8-4-5-8/h7-8H,4-6H2,1-3H3,(H,11,13). The number of likely N-dealkylation sites (N-methyl/N-ethyl adjacent to an activating group) is 1. The highest BCUT2D eigenvalue weighted by Gasteiger charge is 2.25. The van der Waals surface area contributed by atoms with Crippen molar-refractivity contribution in [1.29, 1.82) is 0 Å². The van der Waals surface area contributed by atoms with E-state index in [2.05, 4.69) is 5.32 Å². The summed E-state index contributed by atoms with van der Waals surface area (Å²) in [4.78, 5) is 24.3. The summed E-state index contributed by atoms with van der Waals surface area (Å²) in [7, 11) is 3.07. The van der Waals surface area contributed by atoms with E-state index in [-0.39, 0.29) is 18.4 Å². The van der Waals surface area contributed by atoms with Gasteiger partial charge < -0.3 is 15.0 Å². The second kappa shape index (κ2) is 5.11. The molecule has 5 nitrogen and oxygen atoms in total. The largest absolute Gasteiger partial charge is 0.372 e. The van der Waals surface area contributed by atoms with E-state index < -0.39 is 6.10 Å². The minimum Gasteiger partial charge on any atom is -0.372 e. The number of nitrogens with zero attached hydrogens (tertiary/aromatic N) is 1. The molecule has 1 unspecified atom stereocenters. The lowest BCUT2D eigenvalue weighted by molar-refractivity contribution is -0.142. The molecule has 1 N–H and O–H groups in total. The van der Waals surface area contributed by atoms with Crippen LogP contribution in [0.1, 0.15) is 19.8 Å². The summed E-state index contributed by atoms with van der Waals surface area (Å²) in [6, 6.07) is 0.334. The number of rotatable bonds is 5. The Bertz CT molecular complexity index is 251. The number of ether oxygens (including phenoxy) is 1. The first kappa shape index (κ1) is 12.0. The van der Waals surface area contributed by atoms with Crippen molar-refractivity contribution in [1.82, 2.24) is 10.2 Å². The lowest BCUT2D eigenvalue weighted by Gasteiger charge is -2.19. The molecule has 0 aliphatic heterocycles. The zero-order chi connectivity index (χ0) is 11.4. The van der Waals surface area contributed by atoms with Crippen molar-refractivity contribution in [3.63, 3.8) is 0 Å². The molecule has 0 aromatic heterocycles. The number of carbonyl (C=O) groups is 2. The average Bonchev–Trinajstić information content (AvgIpc) is 2.98. The summed E-state index contributed by atoms with van der Waals surface area (Å²) in [5.41, 5.74) is 0. The third-order valence-electron chi connectivity index (χ3n) is 2.40. The molecule has 0 heterocycles. The molecule has 0 saturated heterocycles. The van der Waals surface area contributed by atoms with Crippen molar-refractivity contribution in [2.75, 3.05) is 20.7 Å². The van der Waals surface area contributed by atoms with Crippen LogP contribution in [0.3, 0.4) is 0 Å². The van der Waals surface area contributed by atoms with Gasteiger partial charge in [0.15, 0.2) is 0 Å². The van der Waals surface area contributed by atoms with Gasteiger partial charge in [-0.25, -0.2) is 0 Å². The van der Waals surface area contributed by atoms with E-state index in [0.29, 0.717) is 6.04 Å². The number of nitrogens with one attached hydrogen (secondary N) is 1. The minimum atomic E-state index is -0.497. The molecule has 2 amide bonds. The molecule has 0 bridgehead atoms. The molecule has 1 aliphatic carbocycles. The fourth-order valence-electron chi connectivity index (χ4n) is 1.21. The van der Waals surface area contributed by atoms with E-state index in [9.17, 15) is 9.59 Å². The Morgan fingerprint density at radius 1 is 1.53 bits per heavy atom. The Labute approximate surface area is 89.8 Å². The molecule has 5 heteroatoms. The second-order valence-corrected chi connectivity index (χ2v) is 3.91. The number of methoxy groups -OCH3 is 1. The van der Waals surface area contributed by atoms with E-state index in [1.165, 1.54) is 12.0 Å². The number of hydrogen-bond acceptors (Lipinski definition) is 3. The fraction of sp³-hybridized carbons (Fsp3) is 0.800. The van der Waals surface area contributed by atoms with Gasteiger partial charge in [0.05, 0.1) is 6.54 Å². The maximum atomic E-state index is 11.5. The van der Waals surface area contributed by atoms with Crippen LogP contribution in [0.5, 0.6) is 0 Å². The number of carbonyl (C=O) groups excluding carboxylic acids is 2. The highest BCUT2D eigenvalue weighted by Crippen LogP contribution is 2.18. The summed E-state index contributed by atoms with van der Waals surface area (Å²) in [5.74, 6) is -0.278. The zero-order valence-corrected chi connectivity index (χ0v) is 9.45. The van der Waals surface area contributed by atoms with Gasteiger partial charge in [-0.15, -0.1) is 0 Å². The number of hydrogen-bond donors (Lipinski definition) is 1. The van der Waals surface area contributed by atoms with Gasteiger partial charge in [-0.05, 0) is 19.8 Å². The summed E-state index contributed by atoms with van der Waals surface area (Å²) in [6.07, 6.45) is 1.61. The zero-order valence-electron chi connectivity index (χ0n) is 9.45. The average molecular weight is 214 g/mol. The van der Waals surface area contributed by atoms with E-state index >= 15 is 0 Å². The molecule has 1 aliphatic rings. The predicted molar refractivity (Wildman–Crippen MR) is 55.3 cm³/mol. The lowest BCUT2D eigenvalue weighted by Crippen LogP contribution is -2.43. The third-order valence-corrected chi connectivity index (χ3v) is 2.40. The maximum absolute atomic E-state index is 11.5. The lowest BCUT2D eigenvalue weighted by atomic mass is 10.3. The summed E-state index contributed by atoms with van der Waals surface area (Å²) >= 11 is 0. The van der Waals surface area contributed by atoms with Crippen molar-refractivity contribution in [3.8, 4) is 0 Å². The molecule has 15 heavy (non-hydrogen) atoms. The minimum absolute atomic E-state index is 0.100. The molecule has 0 aromatic carbocycles. The summed E-state index contributed by atoms with van der Waals surface area (Å²) < 4.78 is 4.89. The van der Waals surface area contributed by atoms with Crippen molar-refractivity contribution in [3.05, 3.63) is 0 Å². The van der Waals surface area contributed by atoms with Crippen LogP contribution in [0.4, 0.5) is 0 Å². The first-order valence-electron chi connectivity index (χ1n) is 5.11. The molecule has 0 radical (unpaired) electrons. The van der Waals surface area contributed by atoms with E-state index in [1.807, 2.05) is 0 Å². The Morgan fingerprint density at radius 2 is 2.13 bits per heavy atom. The Morgan fingerprint density at radius 3 is 2.60 bits per heavy atom. The molecule has 1 atom stereocenters. The Kier molecular flexibility index (Phi) is 4.08. The molecule has 0 spiro atoms. The van der Waals surface area contributed by atoms with Gasteiger partial charge in [-0.1, -0.05) is 0 Å². The van der Waals surface area contributed by atoms with Gasteiger partial charge in [0, 0.05) is 20.2 Å². The van der Waals surface area contributed by atoms with Crippen LogP contribution in [-0.4, -0.2) is 49.6 Å². The van der Waals surface area contributed by atoms with Crippen LogP contribution in [0.15, 0.2) is 0 Å². The van der Waals surface area contributed by atoms with Crippen LogP contribution < -0.4 is 5.32 Å². The first-order valence-corrected chi connectivity index (χ1v) is 5.11. The molecule has 1 fully saturated rings. The highest BCUT2D eigenvalue weighted by molar-refractivity contribution is 5.86. The third kappa shape index (κ3) is 3.87. The monoisotopic (exact) mass is 214 g/mol. The predicted octanol–water partition coefficient (Wildman–Crippen LogP) is -0.242. The van der Waals surface area contributed by atoms with Crippen molar-refractivity contribution in [2.45, 2.75) is 31.9 Å². The van der Waals surface area contributed by atoms with Crippen LogP contribution >= 0.6 is 0 Å². The summed E-state index contributed by atoms with van der Waals surface area (Å²) in [5, 5.41) is 2.82. The molecular formula is C10H18N2O3. The van der Waals surface area contributed by atoms with Crippen LogP contribution in [0.25, 0.3) is 0 Å². The molecule has 1 rings (SSSR count). The second-order valence-electron chi connectivity index (χ2n) is 3.91.